The zero-order chi connectivity index (χ0) is 17.2. The number of benzene rings is 1. The number of nitrogens with zero attached hydrogens (tertiary/aromatic N) is 2. The van der Waals surface area contributed by atoms with Crippen LogP contribution in [-0.2, 0) is 16.6 Å². The lowest BCUT2D eigenvalue weighted by atomic mass is 10.2. The van der Waals surface area contributed by atoms with Crippen molar-refractivity contribution in [3.05, 3.63) is 47.5 Å². The van der Waals surface area contributed by atoms with Gasteiger partial charge in [-0.3, -0.25) is 4.79 Å². The molecule has 0 spiro atoms. The number of H-pyrrole nitrogens is 1. The Morgan fingerprint density at radius 1 is 1.25 bits per heavy atom. The molecule has 2 heterocycles. The molecule has 2 aromatic rings. The van der Waals surface area contributed by atoms with Gasteiger partial charge in [0, 0.05) is 19.6 Å². The van der Waals surface area contributed by atoms with Crippen LogP contribution in [0.5, 0.6) is 0 Å². The Labute approximate surface area is 141 Å². The third-order valence-electron chi connectivity index (χ3n) is 4.03. The molecule has 3 rings (SSSR count). The minimum Gasteiger partial charge on any atom is -0.347 e. The monoisotopic (exact) mass is 348 g/mol. The summed E-state index contributed by atoms with van der Waals surface area (Å²) < 4.78 is 26.4. The van der Waals surface area contributed by atoms with Crippen molar-refractivity contribution in [3.63, 3.8) is 0 Å². The fraction of sp³-hybridized carbons (Fsp3) is 0.375. The number of nitrogens with one attached hydrogen (secondary N) is 2. The molecule has 128 valence electrons. The van der Waals surface area contributed by atoms with Crippen molar-refractivity contribution in [1.29, 1.82) is 0 Å². The summed E-state index contributed by atoms with van der Waals surface area (Å²) in [5, 5.41) is 2.77. The average Bonchev–Trinajstić information content (AvgIpc) is 3.25. The first kappa shape index (κ1) is 16.7. The van der Waals surface area contributed by atoms with Crippen molar-refractivity contribution < 1.29 is 13.2 Å². The van der Waals surface area contributed by atoms with E-state index < -0.39 is 10.0 Å². The van der Waals surface area contributed by atoms with Crippen LogP contribution >= 0.6 is 0 Å². The van der Waals surface area contributed by atoms with Crippen LogP contribution in [0, 0.1) is 6.92 Å². The SMILES string of the molecule is Cc1ncc(C(=O)NCc2ccc(S(=O)(=O)N3CCCC3)cc2)[nH]1. The van der Waals surface area contributed by atoms with E-state index in [9.17, 15) is 13.2 Å². The van der Waals surface area contributed by atoms with Crippen LogP contribution in [0.4, 0.5) is 0 Å². The zero-order valence-corrected chi connectivity index (χ0v) is 14.3. The first-order valence-electron chi connectivity index (χ1n) is 7.86. The summed E-state index contributed by atoms with van der Waals surface area (Å²) >= 11 is 0. The number of sulfonamides is 1. The molecule has 24 heavy (non-hydrogen) atoms. The minimum atomic E-state index is -3.39. The van der Waals surface area contributed by atoms with Gasteiger partial charge < -0.3 is 10.3 Å². The van der Waals surface area contributed by atoms with Gasteiger partial charge in [0.15, 0.2) is 0 Å². The van der Waals surface area contributed by atoms with Crippen molar-refractivity contribution in [2.45, 2.75) is 31.2 Å². The topological polar surface area (TPSA) is 95.2 Å². The van der Waals surface area contributed by atoms with E-state index >= 15 is 0 Å². The number of carbonyl (C=O) groups is 1. The molecule has 1 fully saturated rings. The number of aromatic amines is 1. The summed E-state index contributed by atoms with van der Waals surface area (Å²) in [6.07, 6.45) is 3.31. The number of hydrogen-bond donors (Lipinski definition) is 2. The third-order valence-corrected chi connectivity index (χ3v) is 5.94. The van der Waals surface area contributed by atoms with E-state index in [-0.39, 0.29) is 5.91 Å². The fourth-order valence-corrected chi connectivity index (χ4v) is 4.19. The van der Waals surface area contributed by atoms with Crippen molar-refractivity contribution in [2.24, 2.45) is 0 Å². The first-order chi connectivity index (χ1) is 11.5. The molecule has 8 heteroatoms. The average molecular weight is 348 g/mol. The first-order valence-corrected chi connectivity index (χ1v) is 9.30. The molecule has 1 saturated heterocycles. The largest absolute Gasteiger partial charge is 0.347 e. The quantitative estimate of drug-likeness (QED) is 0.854. The van der Waals surface area contributed by atoms with Gasteiger partial charge in [-0.1, -0.05) is 12.1 Å². The van der Waals surface area contributed by atoms with Crippen molar-refractivity contribution >= 4 is 15.9 Å². The van der Waals surface area contributed by atoms with E-state index in [0.717, 1.165) is 18.4 Å². The molecule has 0 radical (unpaired) electrons. The number of carbonyl (C=O) groups excluding carboxylic acids is 1. The maximum atomic E-state index is 12.4. The van der Waals surface area contributed by atoms with Crippen LogP contribution in [0.1, 0.15) is 34.7 Å². The number of amides is 1. The molecular weight excluding hydrogens is 328 g/mol. The zero-order valence-electron chi connectivity index (χ0n) is 13.4. The molecule has 7 nitrogen and oxygen atoms in total. The van der Waals surface area contributed by atoms with Gasteiger partial charge in [0.05, 0.1) is 11.1 Å². The molecule has 1 aliphatic rings. The molecule has 1 aromatic carbocycles. The fourth-order valence-electron chi connectivity index (χ4n) is 2.67. The maximum Gasteiger partial charge on any atom is 0.269 e. The van der Waals surface area contributed by atoms with E-state index in [1.165, 1.54) is 10.5 Å². The summed E-state index contributed by atoms with van der Waals surface area (Å²) in [6.45, 7) is 3.27. The van der Waals surface area contributed by atoms with E-state index in [4.69, 9.17) is 0 Å². The lowest BCUT2D eigenvalue weighted by Crippen LogP contribution is -2.28. The third kappa shape index (κ3) is 3.49. The molecule has 0 unspecified atom stereocenters. The van der Waals surface area contributed by atoms with Crippen LogP contribution in [0.3, 0.4) is 0 Å². The summed E-state index contributed by atoms with van der Waals surface area (Å²) in [5.41, 5.74) is 1.24. The predicted octanol–water partition coefficient (Wildman–Crippen LogP) is 1.43. The van der Waals surface area contributed by atoms with Gasteiger partial charge in [-0.2, -0.15) is 4.31 Å². The second kappa shape index (κ2) is 6.74. The highest BCUT2D eigenvalue weighted by Gasteiger charge is 2.26. The van der Waals surface area contributed by atoms with Gasteiger partial charge in [-0.25, -0.2) is 13.4 Å². The number of aryl methyl sites for hydroxylation is 1. The Morgan fingerprint density at radius 2 is 1.92 bits per heavy atom. The van der Waals surface area contributed by atoms with Crippen LogP contribution in [0.2, 0.25) is 0 Å². The summed E-state index contributed by atoms with van der Waals surface area (Å²) in [7, 11) is -3.39. The standard InChI is InChI=1S/C16H20N4O3S/c1-12-17-11-15(19-12)16(21)18-10-13-4-6-14(7-5-13)24(22,23)20-8-2-3-9-20/h4-7,11H,2-3,8-10H2,1H3,(H,17,19)(H,18,21). The Bertz CT molecular complexity index is 821. The molecule has 0 aliphatic carbocycles. The molecular formula is C16H20N4O3S. The van der Waals surface area contributed by atoms with Crippen LogP contribution < -0.4 is 5.32 Å². The van der Waals surface area contributed by atoms with Crippen LogP contribution in [0.15, 0.2) is 35.4 Å². The summed E-state index contributed by atoms with van der Waals surface area (Å²) in [4.78, 5) is 19.1. The second-order valence-electron chi connectivity index (χ2n) is 5.82. The van der Waals surface area contributed by atoms with Crippen molar-refractivity contribution in [2.75, 3.05) is 13.1 Å². The van der Waals surface area contributed by atoms with Crippen molar-refractivity contribution in [1.82, 2.24) is 19.6 Å². The maximum absolute atomic E-state index is 12.4. The molecule has 0 saturated carbocycles. The normalized spacial score (nSPS) is 15.5. The number of aromatic nitrogens is 2. The van der Waals surface area contributed by atoms with Gasteiger partial charge in [-0.15, -0.1) is 0 Å². The van der Waals surface area contributed by atoms with Crippen molar-refractivity contribution in [3.8, 4) is 0 Å². The predicted molar refractivity (Wildman–Crippen MR) is 88.9 cm³/mol. The lowest BCUT2D eigenvalue weighted by molar-refractivity contribution is 0.0946. The van der Waals surface area contributed by atoms with E-state index in [2.05, 4.69) is 15.3 Å². The Morgan fingerprint density at radius 3 is 2.50 bits per heavy atom. The Hall–Kier alpha value is -2.19. The van der Waals surface area contributed by atoms with Gasteiger partial charge in [-0.05, 0) is 37.5 Å². The van der Waals surface area contributed by atoms with Crippen LogP contribution in [0.25, 0.3) is 0 Å². The van der Waals surface area contributed by atoms with Gasteiger partial charge in [0.2, 0.25) is 10.0 Å². The highest BCUT2D eigenvalue weighted by Crippen LogP contribution is 2.21. The summed E-state index contributed by atoms with van der Waals surface area (Å²) in [5.74, 6) is 0.431. The minimum absolute atomic E-state index is 0.246. The Kier molecular flexibility index (Phi) is 4.68. The highest BCUT2D eigenvalue weighted by atomic mass is 32.2. The lowest BCUT2D eigenvalue weighted by Gasteiger charge is -2.15. The number of hydrogen-bond acceptors (Lipinski definition) is 4. The van der Waals surface area contributed by atoms with Gasteiger partial charge in [0.1, 0.15) is 11.5 Å². The summed E-state index contributed by atoms with van der Waals surface area (Å²) in [6, 6.07) is 6.63. The van der Waals surface area contributed by atoms with E-state index in [1.807, 2.05) is 0 Å². The molecule has 0 atom stereocenters. The molecule has 2 N–H and O–H groups in total. The number of imidazole rings is 1. The second-order valence-corrected chi connectivity index (χ2v) is 7.76. The van der Waals surface area contributed by atoms with E-state index in [0.29, 0.717) is 36.0 Å². The van der Waals surface area contributed by atoms with E-state index in [1.54, 1.807) is 31.2 Å². The smallest absolute Gasteiger partial charge is 0.269 e. The molecule has 1 amide bonds. The number of rotatable bonds is 5. The van der Waals surface area contributed by atoms with Crippen LogP contribution in [-0.4, -0.2) is 41.7 Å². The Balaban J connectivity index is 1.63. The van der Waals surface area contributed by atoms with Gasteiger partial charge in [0.25, 0.3) is 5.91 Å². The molecule has 1 aliphatic heterocycles. The highest BCUT2D eigenvalue weighted by molar-refractivity contribution is 7.89. The molecule has 0 bridgehead atoms. The van der Waals surface area contributed by atoms with Gasteiger partial charge >= 0.3 is 0 Å². The molecule has 1 aromatic heterocycles.